The fraction of sp³-hybridized carbons (Fsp3) is 1.00. The van der Waals surface area contributed by atoms with Gasteiger partial charge in [0.05, 0.1) is 12.2 Å². The lowest BCUT2D eigenvalue weighted by Gasteiger charge is -2.18. The summed E-state index contributed by atoms with van der Waals surface area (Å²) in [5.74, 6) is 1.25. The van der Waals surface area contributed by atoms with Crippen molar-refractivity contribution in [1.29, 1.82) is 0 Å². The van der Waals surface area contributed by atoms with Crippen molar-refractivity contribution in [3.63, 3.8) is 0 Å². The number of nitrogens with zero attached hydrogens (tertiary/aromatic N) is 1. The van der Waals surface area contributed by atoms with Crippen molar-refractivity contribution in [2.75, 3.05) is 39.7 Å². The average molecular weight is 222 g/mol. The van der Waals surface area contributed by atoms with Crippen LogP contribution < -0.4 is 0 Å². The molecular formula is C10H20ClNO2. The van der Waals surface area contributed by atoms with E-state index in [1.165, 1.54) is 0 Å². The zero-order valence-corrected chi connectivity index (χ0v) is 9.96. The van der Waals surface area contributed by atoms with Gasteiger partial charge in [-0.2, -0.15) is 0 Å². The number of methoxy groups -OCH3 is 2. The van der Waals surface area contributed by atoms with E-state index in [0.29, 0.717) is 11.8 Å². The third kappa shape index (κ3) is 3.09. The van der Waals surface area contributed by atoms with Crippen molar-refractivity contribution < 1.29 is 9.47 Å². The molecule has 0 saturated carbocycles. The normalized spacial score (nSPS) is 30.9. The van der Waals surface area contributed by atoms with Crippen molar-refractivity contribution in [2.45, 2.75) is 19.1 Å². The molecule has 84 valence electrons. The molecule has 3 nitrogen and oxygen atoms in total. The van der Waals surface area contributed by atoms with Gasteiger partial charge >= 0.3 is 0 Å². The van der Waals surface area contributed by atoms with Gasteiger partial charge in [-0.25, -0.2) is 0 Å². The number of rotatable bonds is 5. The highest BCUT2D eigenvalue weighted by Gasteiger charge is 2.32. The van der Waals surface area contributed by atoms with Crippen LogP contribution in [0.4, 0.5) is 0 Å². The third-order valence-electron chi connectivity index (χ3n) is 2.73. The molecule has 1 fully saturated rings. The highest BCUT2D eigenvalue weighted by Crippen LogP contribution is 2.17. The molecule has 0 aromatic rings. The summed E-state index contributed by atoms with van der Waals surface area (Å²) in [5.41, 5.74) is 0. The summed E-state index contributed by atoms with van der Waals surface area (Å²) in [6.45, 7) is 5.10. The highest BCUT2D eigenvalue weighted by molar-refractivity contribution is 6.18. The molecule has 1 rings (SSSR count). The predicted molar refractivity (Wildman–Crippen MR) is 57.9 cm³/mol. The van der Waals surface area contributed by atoms with E-state index in [4.69, 9.17) is 21.1 Å². The van der Waals surface area contributed by atoms with Crippen molar-refractivity contribution in [1.82, 2.24) is 4.90 Å². The van der Waals surface area contributed by atoms with E-state index in [-0.39, 0.29) is 12.2 Å². The second-order valence-electron chi connectivity index (χ2n) is 4.03. The van der Waals surface area contributed by atoms with Crippen molar-refractivity contribution in [2.24, 2.45) is 5.92 Å². The maximum atomic E-state index is 5.78. The van der Waals surface area contributed by atoms with E-state index in [0.717, 1.165) is 19.6 Å². The first-order valence-electron chi connectivity index (χ1n) is 5.05. The van der Waals surface area contributed by atoms with Crippen LogP contribution >= 0.6 is 11.6 Å². The third-order valence-corrected chi connectivity index (χ3v) is 3.26. The minimum Gasteiger partial charge on any atom is -0.377 e. The summed E-state index contributed by atoms with van der Waals surface area (Å²) in [5, 5.41) is 0. The maximum Gasteiger partial charge on any atom is 0.0971 e. The van der Waals surface area contributed by atoms with Gasteiger partial charge < -0.3 is 9.47 Å². The zero-order chi connectivity index (χ0) is 10.6. The van der Waals surface area contributed by atoms with Crippen molar-refractivity contribution in [3.05, 3.63) is 0 Å². The number of hydrogen-bond acceptors (Lipinski definition) is 3. The fourth-order valence-electron chi connectivity index (χ4n) is 1.91. The SMILES string of the molecule is COC1CN(CC(C)CCl)CC1OC. The molecule has 0 aromatic heterocycles. The van der Waals surface area contributed by atoms with Crippen LogP contribution in [0.3, 0.4) is 0 Å². The molecule has 0 N–H and O–H groups in total. The van der Waals surface area contributed by atoms with Crippen LogP contribution in [0.15, 0.2) is 0 Å². The number of ether oxygens (including phenoxy) is 2. The minimum atomic E-state index is 0.211. The highest BCUT2D eigenvalue weighted by atomic mass is 35.5. The van der Waals surface area contributed by atoms with Gasteiger partial charge in [0.1, 0.15) is 0 Å². The molecule has 3 unspecified atom stereocenters. The number of hydrogen-bond donors (Lipinski definition) is 0. The average Bonchev–Trinajstić information content (AvgIpc) is 2.59. The number of halogens is 1. The Morgan fingerprint density at radius 3 is 2.14 bits per heavy atom. The Bertz CT molecular complexity index is 156. The van der Waals surface area contributed by atoms with E-state index in [1.54, 1.807) is 14.2 Å². The van der Waals surface area contributed by atoms with E-state index in [9.17, 15) is 0 Å². The van der Waals surface area contributed by atoms with Crippen molar-refractivity contribution in [3.8, 4) is 0 Å². The van der Waals surface area contributed by atoms with E-state index >= 15 is 0 Å². The molecule has 1 saturated heterocycles. The summed E-state index contributed by atoms with van der Waals surface area (Å²) in [6, 6.07) is 0. The first-order valence-corrected chi connectivity index (χ1v) is 5.58. The molecule has 0 aliphatic carbocycles. The molecule has 4 heteroatoms. The fourth-order valence-corrected chi connectivity index (χ4v) is 2.01. The lowest BCUT2D eigenvalue weighted by atomic mass is 10.2. The van der Waals surface area contributed by atoms with Gasteiger partial charge in [0, 0.05) is 39.7 Å². The molecule has 0 aromatic carbocycles. The van der Waals surface area contributed by atoms with Crippen LogP contribution in [0.5, 0.6) is 0 Å². The van der Waals surface area contributed by atoms with Gasteiger partial charge in [0.2, 0.25) is 0 Å². The molecule has 0 spiro atoms. The van der Waals surface area contributed by atoms with Gasteiger partial charge in [-0.15, -0.1) is 11.6 Å². The molecule has 14 heavy (non-hydrogen) atoms. The minimum absolute atomic E-state index is 0.211. The van der Waals surface area contributed by atoms with Gasteiger partial charge in [0.25, 0.3) is 0 Å². The van der Waals surface area contributed by atoms with Crippen LogP contribution in [-0.2, 0) is 9.47 Å². The molecule has 3 atom stereocenters. The molecule has 1 heterocycles. The number of alkyl halides is 1. The van der Waals surface area contributed by atoms with Gasteiger partial charge in [0.15, 0.2) is 0 Å². The summed E-state index contributed by atoms with van der Waals surface area (Å²) >= 11 is 5.78. The smallest absolute Gasteiger partial charge is 0.0971 e. The molecule has 0 amide bonds. The zero-order valence-electron chi connectivity index (χ0n) is 9.20. The summed E-state index contributed by atoms with van der Waals surface area (Å²) < 4.78 is 10.7. The Kier molecular flexibility index (Phi) is 5.17. The number of likely N-dealkylation sites (tertiary alicyclic amines) is 1. The standard InChI is InChI=1S/C10H20ClNO2/c1-8(4-11)5-12-6-9(13-2)10(7-12)14-3/h8-10H,4-7H2,1-3H3. The van der Waals surface area contributed by atoms with Crippen LogP contribution in [0, 0.1) is 5.92 Å². The largest absolute Gasteiger partial charge is 0.377 e. The predicted octanol–water partition coefficient (Wildman–Crippen LogP) is 1.21. The van der Waals surface area contributed by atoms with E-state index in [1.807, 2.05) is 0 Å². The molecule has 1 aliphatic rings. The van der Waals surface area contributed by atoms with E-state index < -0.39 is 0 Å². The Balaban J connectivity index is 2.37. The van der Waals surface area contributed by atoms with Crippen molar-refractivity contribution >= 4 is 11.6 Å². The molecule has 1 aliphatic heterocycles. The van der Waals surface area contributed by atoms with E-state index in [2.05, 4.69) is 11.8 Å². The second-order valence-corrected chi connectivity index (χ2v) is 4.33. The van der Waals surface area contributed by atoms with Gasteiger partial charge in [-0.1, -0.05) is 6.92 Å². The summed E-state index contributed by atoms with van der Waals surface area (Å²) in [4.78, 5) is 2.36. The van der Waals surface area contributed by atoms with Crippen LogP contribution in [0.1, 0.15) is 6.92 Å². The van der Waals surface area contributed by atoms with Crippen LogP contribution in [0.2, 0.25) is 0 Å². The lowest BCUT2D eigenvalue weighted by molar-refractivity contribution is -0.00461. The quantitative estimate of drug-likeness (QED) is 0.652. The first-order chi connectivity index (χ1) is 6.71. The van der Waals surface area contributed by atoms with Gasteiger partial charge in [-0.05, 0) is 5.92 Å². The molecule has 0 radical (unpaired) electrons. The van der Waals surface area contributed by atoms with Gasteiger partial charge in [-0.3, -0.25) is 4.90 Å². The topological polar surface area (TPSA) is 21.7 Å². The lowest BCUT2D eigenvalue weighted by Crippen LogP contribution is -2.28. The first kappa shape index (κ1) is 12.2. The van der Waals surface area contributed by atoms with Crippen LogP contribution in [-0.4, -0.2) is 56.8 Å². The Labute approximate surface area is 91.3 Å². The summed E-state index contributed by atoms with van der Waals surface area (Å²) in [6.07, 6.45) is 0.421. The Hall–Kier alpha value is 0.170. The monoisotopic (exact) mass is 221 g/mol. The molecular weight excluding hydrogens is 202 g/mol. The summed E-state index contributed by atoms with van der Waals surface area (Å²) in [7, 11) is 3.48. The molecule has 0 bridgehead atoms. The Morgan fingerprint density at radius 1 is 1.29 bits per heavy atom. The van der Waals surface area contributed by atoms with Crippen LogP contribution in [0.25, 0.3) is 0 Å². The Morgan fingerprint density at radius 2 is 1.79 bits per heavy atom. The second kappa shape index (κ2) is 5.91. The maximum absolute atomic E-state index is 5.78.